The maximum absolute atomic E-state index is 11.7. The van der Waals surface area contributed by atoms with Gasteiger partial charge in [-0.3, -0.25) is 4.79 Å². The molecule has 100 valence electrons. The van der Waals surface area contributed by atoms with Gasteiger partial charge in [-0.2, -0.15) is 0 Å². The predicted octanol–water partition coefficient (Wildman–Crippen LogP) is 4.19. The molecular formula is C15H16BrNO2. The highest BCUT2D eigenvalue weighted by atomic mass is 79.9. The lowest BCUT2D eigenvalue weighted by Crippen LogP contribution is -2.19. The van der Waals surface area contributed by atoms with Crippen molar-refractivity contribution in [2.45, 2.75) is 20.4 Å². The standard InChI is InChI=1S/C15H16BrNO2/c1-10(18)14-8-13(16)4-5-15(14)17(3)9-12-6-7-19-11(12)2/h4-8H,9H2,1-3H3. The Morgan fingerprint density at radius 3 is 2.68 bits per heavy atom. The van der Waals surface area contributed by atoms with Crippen LogP contribution in [0.4, 0.5) is 5.69 Å². The minimum Gasteiger partial charge on any atom is -0.469 e. The number of ketones is 1. The highest BCUT2D eigenvalue weighted by Gasteiger charge is 2.13. The number of Topliss-reactive ketones (excluding diaryl/α,β-unsaturated/α-hetero) is 1. The van der Waals surface area contributed by atoms with E-state index in [9.17, 15) is 4.79 Å². The molecule has 0 aliphatic heterocycles. The van der Waals surface area contributed by atoms with Gasteiger partial charge in [0.15, 0.2) is 5.78 Å². The van der Waals surface area contributed by atoms with Gasteiger partial charge in [0, 0.05) is 34.9 Å². The lowest BCUT2D eigenvalue weighted by molar-refractivity contribution is 0.101. The molecule has 0 saturated heterocycles. The van der Waals surface area contributed by atoms with Gasteiger partial charge in [-0.25, -0.2) is 0 Å². The van der Waals surface area contributed by atoms with Crippen LogP contribution in [0.5, 0.6) is 0 Å². The maximum atomic E-state index is 11.7. The molecule has 3 nitrogen and oxygen atoms in total. The van der Waals surface area contributed by atoms with E-state index in [0.29, 0.717) is 6.54 Å². The number of aryl methyl sites for hydroxylation is 1. The first kappa shape index (κ1) is 13.9. The molecule has 0 bridgehead atoms. The number of hydrogen-bond acceptors (Lipinski definition) is 3. The summed E-state index contributed by atoms with van der Waals surface area (Å²) in [5.74, 6) is 0.973. The van der Waals surface area contributed by atoms with Gasteiger partial charge in [-0.1, -0.05) is 15.9 Å². The molecule has 0 spiro atoms. The van der Waals surface area contributed by atoms with Gasteiger partial charge in [0.2, 0.25) is 0 Å². The molecule has 0 amide bonds. The predicted molar refractivity (Wildman–Crippen MR) is 79.7 cm³/mol. The number of halogens is 1. The Balaban J connectivity index is 2.31. The molecule has 2 rings (SSSR count). The van der Waals surface area contributed by atoms with E-state index >= 15 is 0 Å². The van der Waals surface area contributed by atoms with Crippen molar-refractivity contribution in [3.8, 4) is 0 Å². The summed E-state index contributed by atoms with van der Waals surface area (Å²) in [7, 11) is 1.97. The zero-order valence-corrected chi connectivity index (χ0v) is 12.8. The Morgan fingerprint density at radius 1 is 1.37 bits per heavy atom. The number of anilines is 1. The van der Waals surface area contributed by atoms with Gasteiger partial charge in [0.1, 0.15) is 5.76 Å². The SMILES string of the molecule is CC(=O)c1cc(Br)ccc1N(C)Cc1ccoc1C. The third-order valence-electron chi connectivity index (χ3n) is 3.12. The monoisotopic (exact) mass is 321 g/mol. The second kappa shape index (κ2) is 5.61. The first-order chi connectivity index (χ1) is 8.99. The molecule has 0 aliphatic carbocycles. The second-order valence-electron chi connectivity index (χ2n) is 4.58. The van der Waals surface area contributed by atoms with Crippen molar-refractivity contribution in [2.75, 3.05) is 11.9 Å². The summed E-state index contributed by atoms with van der Waals surface area (Å²) in [5.41, 5.74) is 2.77. The minimum absolute atomic E-state index is 0.0621. The van der Waals surface area contributed by atoms with Crippen LogP contribution in [0, 0.1) is 6.92 Å². The van der Waals surface area contributed by atoms with E-state index in [0.717, 1.165) is 27.0 Å². The molecule has 0 unspecified atom stereocenters. The summed E-state index contributed by atoms with van der Waals surface area (Å²) in [4.78, 5) is 13.8. The molecule has 2 aromatic rings. The number of carbonyl (C=O) groups is 1. The Bertz CT molecular complexity index is 604. The fourth-order valence-corrected chi connectivity index (χ4v) is 2.40. The molecule has 0 N–H and O–H groups in total. The summed E-state index contributed by atoms with van der Waals surface area (Å²) in [5, 5.41) is 0. The first-order valence-electron chi connectivity index (χ1n) is 6.03. The average molecular weight is 322 g/mol. The highest BCUT2D eigenvalue weighted by molar-refractivity contribution is 9.10. The third kappa shape index (κ3) is 3.07. The lowest BCUT2D eigenvalue weighted by atomic mass is 10.1. The quantitative estimate of drug-likeness (QED) is 0.792. The normalized spacial score (nSPS) is 10.5. The molecule has 1 heterocycles. The van der Waals surface area contributed by atoms with Crippen LogP contribution in [0.15, 0.2) is 39.4 Å². The van der Waals surface area contributed by atoms with Crippen LogP contribution in [0.25, 0.3) is 0 Å². The van der Waals surface area contributed by atoms with Crippen molar-refractivity contribution in [3.63, 3.8) is 0 Å². The summed E-state index contributed by atoms with van der Waals surface area (Å²) in [6.45, 7) is 4.24. The minimum atomic E-state index is 0.0621. The topological polar surface area (TPSA) is 33.5 Å². The maximum Gasteiger partial charge on any atom is 0.161 e. The van der Waals surface area contributed by atoms with Crippen LogP contribution in [0.2, 0.25) is 0 Å². The summed E-state index contributed by atoms with van der Waals surface area (Å²) in [6.07, 6.45) is 1.69. The first-order valence-corrected chi connectivity index (χ1v) is 6.83. The zero-order valence-electron chi connectivity index (χ0n) is 11.2. The van der Waals surface area contributed by atoms with Crippen molar-refractivity contribution < 1.29 is 9.21 Å². The van der Waals surface area contributed by atoms with Gasteiger partial charge in [-0.05, 0) is 38.1 Å². The fraction of sp³-hybridized carbons (Fsp3) is 0.267. The zero-order chi connectivity index (χ0) is 14.0. The highest BCUT2D eigenvalue weighted by Crippen LogP contribution is 2.26. The van der Waals surface area contributed by atoms with E-state index in [4.69, 9.17) is 4.42 Å². The number of carbonyl (C=O) groups excluding carboxylic acids is 1. The van der Waals surface area contributed by atoms with Crippen molar-refractivity contribution in [3.05, 3.63) is 51.9 Å². The number of hydrogen-bond donors (Lipinski definition) is 0. The van der Waals surface area contributed by atoms with E-state index in [-0.39, 0.29) is 5.78 Å². The van der Waals surface area contributed by atoms with Crippen molar-refractivity contribution in [1.82, 2.24) is 0 Å². The Labute approximate surface area is 121 Å². The lowest BCUT2D eigenvalue weighted by Gasteiger charge is -2.21. The Morgan fingerprint density at radius 2 is 2.11 bits per heavy atom. The van der Waals surface area contributed by atoms with Crippen LogP contribution in [-0.2, 0) is 6.54 Å². The number of rotatable bonds is 4. The van der Waals surface area contributed by atoms with E-state index in [1.54, 1.807) is 13.2 Å². The van der Waals surface area contributed by atoms with Gasteiger partial charge >= 0.3 is 0 Å². The molecule has 1 aromatic carbocycles. The molecule has 1 aromatic heterocycles. The summed E-state index contributed by atoms with van der Waals surface area (Å²) < 4.78 is 6.21. The van der Waals surface area contributed by atoms with Gasteiger partial charge in [0.05, 0.1) is 6.26 Å². The van der Waals surface area contributed by atoms with E-state index in [1.807, 2.05) is 38.2 Å². The smallest absolute Gasteiger partial charge is 0.161 e. The molecule has 0 saturated carbocycles. The number of benzene rings is 1. The molecule has 0 aliphatic rings. The largest absolute Gasteiger partial charge is 0.469 e. The summed E-state index contributed by atoms with van der Waals surface area (Å²) >= 11 is 3.40. The van der Waals surface area contributed by atoms with Gasteiger partial charge in [0.25, 0.3) is 0 Å². The molecule has 4 heteroatoms. The third-order valence-corrected chi connectivity index (χ3v) is 3.62. The van der Waals surface area contributed by atoms with Crippen LogP contribution in [0.3, 0.4) is 0 Å². The Kier molecular flexibility index (Phi) is 4.10. The molecular weight excluding hydrogens is 306 g/mol. The van der Waals surface area contributed by atoms with Gasteiger partial charge in [-0.15, -0.1) is 0 Å². The number of furan rings is 1. The van der Waals surface area contributed by atoms with E-state index in [1.165, 1.54) is 0 Å². The van der Waals surface area contributed by atoms with Crippen LogP contribution in [-0.4, -0.2) is 12.8 Å². The summed E-state index contributed by atoms with van der Waals surface area (Å²) in [6, 6.07) is 7.71. The van der Waals surface area contributed by atoms with Crippen LogP contribution >= 0.6 is 15.9 Å². The van der Waals surface area contributed by atoms with E-state index in [2.05, 4.69) is 20.8 Å². The van der Waals surface area contributed by atoms with Gasteiger partial charge < -0.3 is 9.32 Å². The number of nitrogens with zero attached hydrogens (tertiary/aromatic N) is 1. The van der Waals surface area contributed by atoms with Crippen molar-refractivity contribution in [2.24, 2.45) is 0 Å². The average Bonchev–Trinajstić information content (AvgIpc) is 2.74. The van der Waals surface area contributed by atoms with Crippen molar-refractivity contribution >= 4 is 27.4 Å². The van der Waals surface area contributed by atoms with E-state index < -0.39 is 0 Å². The van der Waals surface area contributed by atoms with Crippen LogP contribution < -0.4 is 4.90 Å². The second-order valence-corrected chi connectivity index (χ2v) is 5.49. The molecule has 19 heavy (non-hydrogen) atoms. The molecule has 0 atom stereocenters. The van der Waals surface area contributed by atoms with Crippen LogP contribution in [0.1, 0.15) is 28.6 Å². The Hall–Kier alpha value is -1.55. The molecule has 0 radical (unpaired) electrons. The fourth-order valence-electron chi connectivity index (χ4n) is 2.04. The van der Waals surface area contributed by atoms with Crippen molar-refractivity contribution in [1.29, 1.82) is 0 Å². The molecule has 0 fully saturated rings.